The first kappa shape index (κ1) is 6.34. The van der Waals surface area contributed by atoms with E-state index >= 15 is 0 Å². The summed E-state index contributed by atoms with van der Waals surface area (Å²) in [6.45, 7) is 10.2. The summed E-state index contributed by atoms with van der Waals surface area (Å²) in [7, 11) is 0. The molecule has 1 aliphatic rings. The predicted octanol–water partition coefficient (Wildman–Crippen LogP) is 2.84. The van der Waals surface area contributed by atoms with Crippen LogP contribution in [0.1, 0.15) is 20.8 Å². The van der Waals surface area contributed by atoms with Crippen molar-refractivity contribution < 1.29 is 0 Å². The summed E-state index contributed by atoms with van der Waals surface area (Å²) < 4.78 is 0. The molecule has 0 aromatic rings. The molecule has 0 saturated heterocycles. The van der Waals surface area contributed by atoms with Gasteiger partial charge in [0.05, 0.1) is 0 Å². The second kappa shape index (κ2) is 1.87. The minimum Gasteiger partial charge on any atom is -0.0909 e. The predicted molar refractivity (Wildman–Crippen MR) is 41.3 cm³/mol. The molecule has 0 N–H and O–H groups in total. The zero-order chi connectivity index (χ0) is 7.02. The summed E-state index contributed by atoms with van der Waals surface area (Å²) in [6.07, 6.45) is 2.18. The van der Waals surface area contributed by atoms with E-state index in [2.05, 4.69) is 33.4 Å². The number of rotatable bonds is 0. The van der Waals surface area contributed by atoms with E-state index in [0.717, 1.165) is 0 Å². The molecule has 0 heterocycles. The van der Waals surface area contributed by atoms with E-state index in [1.807, 2.05) is 0 Å². The summed E-state index contributed by atoms with van der Waals surface area (Å²) in [4.78, 5) is 0. The Morgan fingerprint density at radius 1 is 1.44 bits per heavy atom. The van der Waals surface area contributed by atoms with Crippen LogP contribution in [0.2, 0.25) is 0 Å². The smallest absolute Gasteiger partial charge is 0.0198 e. The molecule has 0 aromatic carbocycles. The molecule has 0 aromatic heterocycles. The Hall–Kier alpha value is -0.780. The molecule has 0 aliphatic heterocycles. The van der Waals surface area contributed by atoms with Crippen LogP contribution in [0.3, 0.4) is 0 Å². The first-order valence-corrected chi connectivity index (χ1v) is 3.18. The lowest BCUT2D eigenvalue weighted by atomic mass is 9.86. The maximum absolute atomic E-state index is 3.92. The first-order valence-electron chi connectivity index (χ1n) is 3.18. The van der Waals surface area contributed by atoms with Crippen LogP contribution in [0.25, 0.3) is 0 Å². The zero-order valence-corrected chi connectivity index (χ0v) is 6.28. The van der Waals surface area contributed by atoms with Gasteiger partial charge in [-0.3, -0.25) is 0 Å². The number of hydrogen-bond donors (Lipinski definition) is 0. The summed E-state index contributed by atoms with van der Waals surface area (Å²) >= 11 is 0. The van der Waals surface area contributed by atoms with E-state index in [1.165, 1.54) is 22.3 Å². The van der Waals surface area contributed by atoms with Crippen LogP contribution < -0.4 is 0 Å². The fourth-order valence-corrected chi connectivity index (χ4v) is 0.972. The van der Waals surface area contributed by atoms with Gasteiger partial charge in [-0.1, -0.05) is 18.2 Å². The minimum atomic E-state index is 1.22. The highest BCUT2D eigenvalue weighted by molar-refractivity contribution is 5.62. The molecule has 0 fully saturated rings. The van der Waals surface area contributed by atoms with Crippen molar-refractivity contribution in [2.24, 2.45) is 0 Å². The van der Waals surface area contributed by atoms with E-state index in [9.17, 15) is 0 Å². The lowest BCUT2D eigenvalue weighted by Gasteiger charge is -2.19. The molecule has 1 rings (SSSR count). The van der Waals surface area contributed by atoms with Crippen molar-refractivity contribution in [1.82, 2.24) is 0 Å². The van der Waals surface area contributed by atoms with Crippen LogP contribution in [-0.2, 0) is 0 Å². The molecule has 0 saturated carbocycles. The summed E-state index contributed by atoms with van der Waals surface area (Å²) in [5, 5.41) is 0. The van der Waals surface area contributed by atoms with Gasteiger partial charge >= 0.3 is 0 Å². The number of allylic oxidation sites excluding steroid dienone is 5. The lowest BCUT2D eigenvalue weighted by molar-refractivity contribution is 1.21. The molecule has 0 atom stereocenters. The van der Waals surface area contributed by atoms with Gasteiger partial charge in [0.15, 0.2) is 0 Å². The second-order valence-electron chi connectivity index (χ2n) is 2.72. The monoisotopic (exact) mass is 120 g/mol. The van der Waals surface area contributed by atoms with Gasteiger partial charge in [0.2, 0.25) is 0 Å². The van der Waals surface area contributed by atoms with Gasteiger partial charge in [-0.15, -0.1) is 0 Å². The highest BCUT2D eigenvalue weighted by Gasteiger charge is 2.12. The van der Waals surface area contributed by atoms with Crippen molar-refractivity contribution in [3.05, 3.63) is 34.9 Å². The van der Waals surface area contributed by atoms with E-state index in [0.29, 0.717) is 0 Å². The third kappa shape index (κ3) is 0.849. The molecule has 0 nitrogen and oxygen atoms in total. The molecule has 0 bridgehead atoms. The molecular weight excluding hydrogens is 108 g/mol. The highest BCUT2D eigenvalue weighted by Crippen LogP contribution is 2.31. The van der Waals surface area contributed by atoms with Gasteiger partial charge < -0.3 is 0 Å². The standard InChI is InChI=1S/C9H12/c1-6(2)9-5-7(3)8(9)4/h5H,4H2,1-3H3. The van der Waals surface area contributed by atoms with Crippen molar-refractivity contribution in [2.75, 3.05) is 0 Å². The van der Waals surface area contributed by atoms with Gasteiger partial charge in [-0.05, 0) is 37.5 Å². The van der Waals surface area contributed by atoms with Crippen molar-refractivity contribution in [2.45, 2.75) is 20.8 Å². The quantitative estimate of drug-likeness (QED) is 0.461. The molecule has 0 heteroatoms. The second-order valence-corrected chi connectivity index (χ2v) is 2.72. The van der Waals surface area contributed by atoms with Gasteiger partial charge in [-0.2, -0.15) is 0 Å². The third-order valence-electron chi connectivity index (χ3n) is 1.70. The largest absolute Gasteiger partial charge is 0.0909 e. The summed E-state index contributed by atoms with van der Waals surface area (Å²) in [5.74, 6) is 0. The van der Waals surface area contributed by atoms with Crippen molar-refractivity contribution in [3.8, 4) is 0 Å². The van der Waals surface area contributed by atoms with Crippen LogP contribution in [0.4, 0.5) is 0 Å². The van der Waals surface area contributed by atoms with Crippen LogP contribution in [-0.4, -0.2) is 0 Å². The molecule has 1 aliphatic carbocycles. The molecule has 48 valence electrons. The Kier molecular flexibility index (Phi) is 1.32. The first-order chi connectivity index (χ1) is 4.13. The molecule has 0 amide bonds. The van der Waals surface area contributed by atoms with E-state index < -0.39 is 0 Å². The average Bonchev–Trinajstić information content (AvgIpc) is 1.81. The van der Waals surface area contributed by atoms with Gasteiger partial charge in [0.1, 0.15) is 0 Å². The van der Waals surface area contributed by atoms with Gasteiger partial charge in [-0.25, -0.2) is 0 Å². The normalized spacial score (nSPS) is 17.0. The van der Waals surface area contributed by atoms with E-state index in [-0.39, 0.29) is 0 Å². The molecule has 0 unspecified atom stereocenters. The topological polar surface area (TPSA) is 0 Å². The van der Waals surface area contributed by atoms with Crippen LogP contribution in [0.5, 0.6) is 0 Å². The van der Waals surface area contributed by atoms with Crippen molar-refractivity contribution in [3.63, 3.8) is 0 Å². The molecule has 9 heavy (non-hydrogen) atoms. The molecule has 0 spiro atoms. The summed E-state index contributed by atoms with van der Waals surface area (Å²) in [6, 6.07) is 0. The van der Waals surface area contributed by atoms with Gasteiger partial charge in [0, 0.05) is 0 Å². The highest BCUT2D eigenvalue weighted by atomic mass is 14.2. The third-order valence-corrected chi connectivity index (χ3v) is 1.70. The fraction of sp³-hybridized carbons (Fsp3) is 0.333. The minimum absolute atomic E-state index is 1.22. The van der Waals surface area contributed by atoms with E-state index in [4.69, 9.17) is 0 Å². The maximum atomic E-state index is 3.92. The van der Waals surface area contributed by atoms with Crippen LogP contribution in [0.15, 0.2) is 34.9 Å². The Bertz CT molecular complexity index is 210. The Balaban J connectivity index is 3.00. The Morgan fingerprint density at radius 2 is 2.00 bits per heavy atom. The number of hydrogen-bond acceptors (Lipinski definition) is 0. The zero-order valence-electron chi connectivity index (χ0n) is 6.28. The average molecular weight is 120 g/mol. The van der Waals surface area contributed by atoms with E-state index in [1.54, 1.807) is 0 Å². The van der Waals surface area contributed by atoms with Crippen LogP contribution >= 0.6 is 0 Å². The van der Waals surface area contributed by atoms with Crippen molar-refractivity contribution >= 4 is 0 Å². The summed E-state index contributed by atoms with van der Waals surface area (Å²) in [5.41, 5.74) is 5.25. The Morgan fingerprint density at radius 3 is 2.11 bits per heavy atom. The molecule has 0 radical (unpaired) electrons. The SMILES string of the molecule is C=C1C(C)=CC1=C(C)C. The maximum Gasteiger partial charge on any atom is -0.0198 e. The Labute approximate surface area is 56.6 Å². The van der Waals surface area contributed by atoms with Gasteiger partial charge in [0.25, 0.3) is 0 Å². The fourth-order valence-electron chi connectivity index (χ4n) is 0.972. The van der Waals surface area contributed by atoms with Crippen LogP contribution in [0, 0.1) is 0 Å². The lowest BCUT2D eigenvalue weighted by Crippen LogP contribution is -2.00. The van der Waals surface area contributed by atoms with Crippen molar-refractivity contribution in [1.29, 1.82) is 0 Å². The molecular formula is C9H12.